The van der Waals surface area contributed by atoms with Crippen molar-refractivity contribution in [1.29, 1.82) is 0 Å². The third-order valence-corrected chi connectivity index (χ3v) is 1.68. The van der Waals surface area contributed by atoms with Crippen LogP contribution in [0.25, 0.3) is 0 Å². The topological polar surface area (TPSA) is 47.9 Å². The summed E-state index contributed by atoms with van der Waals surface area (Å²) in [5, 5.41) is 0. The maximum atomic E-state index is 12.8. The van der Waals surface area contributed by atoms with Crippen LogP contribution < -0.4 is 4.74 Å². The highest BCUT2D eigenvalue weighted by Crippen LogP contribution is 2.18. The van der Waals surface area contributed by atoms with Gasteiger partial charge in [0.25, 0.3) is 0 Å². The maximum absolute atomic E-state index is 12.8. The van der Waals surface area contributed by atoms with E-state index in [0.717, 1.165) is 11.9 Å². The molecule has 2 rings (SSSR count). The zero-order chi connectivity index (χ0) is 10.7. The number of halogens is 1. The Morgan fingerprint density at radius 2 is 2.07 bits per heavy atom. The van der Waals surface area contributed by atoms with Crippen molar-refractivity contribution in [3.05, 3.63) is 42.4 Å². The van der Waals surface area contributed by atoms with Crippen molar-refractivity contribution in [2.24, 2.45) is 0 Å². The van der Waals surface area contributed by atoms with Crippen molar-refractivity contribution < 1.29 is 9.13 Å². The summed E-state index contributed by atoms with van der Waals surface area (Å²) >= 11 is 0. The summed E-state index contributed by atoms with van der Waals surface area (Å²) in [4.78, 5) is 11.5. The minimum Gasteiger partial charge on any atom is -0.437 e. The average Bonchev–Trinajstić information content (AvgIpc) is 2.17. The second-order valence-electron chi connectivity index (χ2n) is 2.94. The Labute approximate surface area is 85.8 Å². The summed E-state index contributed by atoms with van der Waals surface area (Å²) in [6.45, 7) is 1.82. The Morgan fingerprint density at radius 3 is 2.80 bits per heavy atom. The minimum atomic E-state index is -0.446. The van der Waals surface area contributed by atoms with Crippen LogP contribution in [0.5, 0.6) is 11.6 Å². The van der Waals surface area contributed by atoms with Gasteiger partial charge in [0.2, 0.25) is 5.88 Å². The zero-order valence-electron chi connectivity index (χ0n) is 8.01. The molecule has 0 saturated carbocycles. The molecule has 0 saturated heterocycles. The molecule has 0 aliphatic rings. The Kier molecular flexibility index (Phi) is 2.53. The van der Waals surface area contributed by atoms with Gasteiger partial charge in [-0.25, -0.2) is 14.4 Å². The zero-order valence-corrected chi connectivity index (χ0v) is 8.01. The van der Waals surface area contributed by atoms with E-state index < -0.39 is 5.82 Å². The largest absolute Gasteiger partial charge is 0.437 e. The van der Waals surface area contributed by atoms with Gasteiger partial charge in [-0.05, 0) is 6.92 Å². The van der Waals surface area contributed by atoms with Crippen LogP contribution in [0.15, 0.2) is 30.9 Å². The maximum Gasteiger partial charge on any atom is 0.222 e. The molecule has 76 valence electrons. The first-order valence-corrected chi connectivity index (χ1v) is 4.31. The molecule has 15 heavy (non-hydrogen) atoms. The first-order valence-electron chi connectivity index (χ1n) is 4.31. The molecule has 0 radical (unpaired) electrons. The minimum absolute atomic E-state index is 0.313. The molecule has 0 aromatic carbocycles. The van der Waals surface area contributed by atoms with Gasteiger partial charge in [0.1, 0.15) is 12.1 Å². The number of rotatable bonds is 2. The van der Waals surface area contributed by atoms with Gasteiger partial charge in [-0.2, -0.15) is 0 Å². The van der Waals surface area contributed by atoms with E-state index in [-0.39, 0.29) is 0 Å². The Balaban J connectivity index is 2.22. The summed E-state index contributed by atoms with van der Waals surface area (Å²) in [6.07, 6.45) is 3.91. The molecule has 0 spiro atoms. The number of aryl methyl sites for hydroxylation is 1. The number of nitrogens with zero attached hydrogens (tertiary/aromatic N) is 3. The standard InChI is InChI=1S/C10H8FN3O/c1-7-2-10(14-6-13-7)15-9-3-8(11)4-12-5-9/h2-6H,1H3. The van der Waals surface area contributed by atoms with E-state index in [4.69, 9.17) is 4.74 Å². The van der Waals surface area contributed by atoms with E-state index in [0.29, 0.717) is 11.6 Å². The lowest BCUT2D eigenvalue weighted by atomic mass is 10.4. The number of pyridine rings is 1. The van der Waals surface area contributed by atoms with Gasteiger partial charge in [0.15, 0.2) is 5.75 Å². The van der Waals surface area contributed by atoms with Gasteiger partial charge in [0.05, 0.1) is 12.4 Å². The summed E-state index contributed by atoms with van der Waals surface area (Å²) < 4.78 is 18.1. The van der Waals surface area contributed by atoms with Crippen LogP contribution in [-0.4, -0.2) is 15.0 Å². The van der Waals surface area contributed by atoms with E-state index in [9.17, 15) is 4.39 Å². The monoisotopic (exact) mass is 205 g/mol. The second-order valence-corrected chi connectivity index (χ2v) is 2.94. The van der Waals surface area contributed by atoms with Crippen LogP contribution in [-0.2, 0) is 0 Å². The molecule has 0 unspecified atom stereocenters. The number of hydrogen-bond donors (Lipinski definition) is 0. The van der Waals surface area contributed by atoms with Crippen LogP contribution in [0.2, 0.25) is 0 Å². The molecule has 0 amide bonds. The van der Waals surface area contributed by atoms with Crippen molar-refractivity contribution in [3.8, 4) is 11.6 Å². The highest BCUT2D eigenvalue weighted by Gasteiger charge is 2.00. The summed E-state index contributed by atoms with van der Waals surface area (Å²) in [6, 6.07) is 2.90. The Bertz CT molecular complexity index is 432. The van der Waals surface area contributed by atoms with Gasteiger partial charge < -0.3 is 4.74 Å². The lowest BCUT2D eigenvalue weighted by Crippen LogP contribution is -1.91. The predicted molar refractivity (Wildman–Crippen MR) is 51.0 cm³/mol. The first kappa shape index (κ1) is 9.51. The molecule has 0 fully saturated rings. The predicted octanol–water partition coefficient (Wildman–Crippen LogP) is 2.11. The SMILES string of the molecule is Cc1cc(Oc2cncc(F)c2)ncn1. The third-order valence-electron chi connectivity index (χ3n) is 1.68. The van der Waals surface area contributed by atoms with Crippen molar-refractivity contribution >= 4 is 0 Å². The Hall–Kier alpha value is -2.04. The van der Waals surface area contributed by atoms with Crippen molar-refractivity contribution in [2.75, 3.05) is 0 Å². The normalized spacial score (nSPS) is 10.0. The van der Waals surface area contributed by atoms with Crippen LogP contribution in [0.3, 0.4) is 0 Å². The van der Waals surface area contributed by atoms with Gasteiger partial charge in [0, 0.05) is 17.8 Å². The second kappa shape index (κ2) is 4.00. The summed E-state index contributed by atoms with van der Waals surface area (Å²) in [5.41, 5.74) is 0.782. The molecule has 4 nitrogen and oxygen atoms in total. The molecule has 0 aliphatic carbocycles. The van der Waals surface area contributed by atoms with Gasteiger partial charge >= 0.3 is 0 Å². The van der Waals surface area contributed by atoms with Crippen molar-refractivity contribution in [3.63, 3.8) is 0 Å². The van der Waals surface area contributed by atoms with E-state index in [1.54, 1.807) is 6.07 Å². The quantitative estimate of drug-likeness (QED) is 0.753. The molecule has 0 bridgehead atoms. The third kappa shape index (κ3) is 2.46. The summed E-state index contributed by atoms with van der Waals surface area (Å²) in [5.74, 6) is 0.237. The van der Waals surface area contributed by atoms with E-state index in [2.05, 4.69) is 15.0 Å². The molecule has 5 heteroatoms. The highest BCUT2D eigenvalue weighted by atomic mass is 19.1. The van der Waals surface area contributed by atoms with Crippen LogP contribution >= 0.6 is 0 Å². The van der Waals surface area contributed by atoms with E-state index >= 15 is 0 Å². The molecule has 0 aliphatic heterocycles. The van der Waals surface area contributed by atoms with Gasteiger partial charge in [-0.3, -0.25) is 4.98 Å². The Morgan fingerprint density at radius 1 is 1.20 bits per heavy atom. The molecule has 2 aromatic rings. The fourth-order valence-corrected chi connectivity index (χ4v) is 1.05. The molecule has 0 atom stereocenters. The van der Waals surface area contributed by atoms with E-state index in [1.165, 1.54) is 18.6 Å². The van der Waals surface area contributed by atoms with Crippen LogP contribution in [0.1, 0.15) is 5.69 Å². The fraction of sp³-hybridized carbons (Fsp3) is 0.100. The van der Waals surface area contributed by atoms with Crippen LogP contribution in [0, 0.1) is 12.7 Å². The van der Waals surface area contributed by atoms with Crippen molar-refractivity contribution in [2.45, 2.75) is 6.92 Å². The lowest BCUT2D eigenvalue weighted by Gasteiger charge is -2.03. The molecule has 2 aromatic heterocycles. The first-order chi connectivity index (χ1) is 7.24. The average molecular weight is 205 g/mol. The summed E-state index contributed by atoms with van der Waals surface area (Å²) in [7, 11) is 0. The molecule has 0 N–H and O–H groups in total. The van der Waals surface area contributed by atoms with E-state index in [1.807, 2.05) is 6.92 Å². The van der Waals surface area contributed by atoms with Crippen molar-refractivity contribution in [1.82, 2.24) is 15.0 Å². The molecular formula is C10H8FN3O. The van der Waals surface area contributed by atoms with Gasteiger partial charge in [-0.15, -0.1) is 0 Å². The van der Waals surface area contributed by atoms with Crippen LogP contribution in [0.4, 0.5) is 4.39 Å². The number of aromatic nitrogens is 3. The lowest BCUT2D eigenvalue weighted by molar-refractivity contribution is 0.453. The molecular weight excluding hydrogens is 197 g/mol. The molecule has 2 heterocycles. The smallest absolute Gasteiger partial charge is 0.222 e. The number of ether oxygens (including phenoxy) is 1. The van der Waals surface area contributed by atoms with Gasteiger partial charge in [-0.1, -0.05) is 0 Å². The number of hydrogen-bond acceptors (Lipinski definition) is 4. The fourth-order valence-electron chi connectivity index (χ4n) is 1.05. The highest BCUT2D eigenvalue weighted by molar-refractivity contribution is 5.24.